The molecule has 0 aromatic carbocycles. The number of rotatable bonds is 4. The van der Waals surface area contributed by atoms with Crippen LogP contribution in [0.15, 0.2) is 24.5 Å². The summed E-state index contributed by atoms with van der Waals surface area (Å²) in [6, 6.07) is 3.97. The molecule has 1 aromatic rings. The zero-order valence-electron chi connectivity index (χ0n) is 9.98. The second kappa shape index (κ2) is 6.35. The Hall–Kier alpha value is -1.42. The highest BCUT2D eigenvalue weighted by Gasteiger charge is 2.19. The molecule has 4 heteroatoms. The van der Waals surface area contributed by atoms with Crippen molar-refractivity contribution in [1.29, 1.82) is 0 Å². The number of amides is 1. The van der Waals surface area contributed by atoms with E-state index in [1.54, 1.807) is 12.4 Å². The fourth-order valence-corrected chi connectivity index (χ4v) is 2.08. The second-order valence-electron chi connectivity index (χ2n) is 4.40. The Balaban J connectivity index is 1.69. The van der Waals surface area contributed by atoms with Gasteiger partial charge in [-0.1, -0.05) is 6.42 Å². The summed E-state index contributed by atoms with van der Waals surface area (Å²) in [4.78, 5) is 15.8. The average Bonchev–Trinajstić information content (AvgIpc) is 2.41. The minimum absolute atomic E-state index is 0.0150. The standard InChI is InChI=1S/C13H19N3O/c17-13(12-3-1-2-7-15-12)16-10-6-11-4-8-14-9-5-11/h4-5,8-9,12,15H,1-3,6-7,10H2,(H,16,17)/t12-/m0/s1. The van der Waals surface area contributed by atoms with Crippen LogP contribution in [0.4, 0.5) is 0 Å². The van der Waals surface area contributed by atoms with Crippen LogP contribution in [-0.4, -0.2) is 30.0 Å². The maximum Gasteiger partial charge on any atom is 0.237 e. The number of carbonyl (C=O) groups excluding carboxylic acids is 1. The van der Waals surface area contributed by atoms with Crippen LogP contribution in [0.3, 0.4) is 0 Å². The first kappa shape index (κ1) is 12.0. The Morgan fingerprint density at radius 3 is 2.94 bits per heavy atom. The average molecular weight is 233 g/mol. The smallest absolute Gasteiger partial charge is 0.237 e. The van der Waals surface area contributed by atoms with Crippen LogP contribution >= 0.6 is 0 Å². The first-order valence-electron chi connectivity index (χ1n) is 6.26. The lowest BCUT2D eigenvalue weighted by Gasteiger charge is -2.22. The zero-order valence-corrected chi connectivity index (χ0v) is 9.98. The van der Waals surface area contributed by atoms with Gasteiger partial charge in [-0.3, -0.25) is 9.78 Å². The zero-order chi connectivity index (χ0) is 11.9. The summed E-state index contributed by atoms with van der Waals surface area (Å²) in [6.07, 6.45) is 7.71. The van der Waals surface area contributed by atoms with Gasteiger partial charge in [-0.15, -0.1) is 0 Å². The predicted molar refractivity (Wildman–Crippen MR) is 66.6 cm³/mol. The van der Waals surface area contributed by atoms with E-state index < -0.39 is 0 Å². The molecule has 1 fully saturated rings. The van der Waals surface area contributed by atoms with Gasteiger partial charge in [0, 0.05) is 18.9 Å². The van der Waals surface area contributed by atoms with Gasteiger partial charge in [0.25, 0.3) is 0 Å². The topological polar surface area (TPSA) is 54.0 Å². The summed E-state index contributed by atoms with van der Waals surface area (Å²) in [5, 5.41) is 6.22. The van der Waals surface area contributed by atoms with E-state index in [2.05, 4.69) is 15.6 Å². The lowest BCUT2D eigenvalue weighted by atomic mass is 10.0. The number of pyridine rings is 1. The number of piperidine rings is 1. The minimum atomic E-state index is 0.0150. The molecule has 1 aliphatic rings. The van der Waals surface area contributed by atoms with Crippen LogP contribution < -0.4 is 10.6 Å². The molecule has 0 saturated carbocycles. The summed E-state index contributed by atoms with van der Waals surface area (Å²) in [7, 11) is 0. The maximum absolute atomic E-state index is 11.8. The Morgan fingerprint density at radius 2 is 2.24 bits per heavy atom. The van der Waals surface area contributed by atoms with E-state index in [9.17, 15) is 4.79 Å². The van der Waals surface area contributed by atoms with Crippen molar-refractivity contribution in [2.24, 2.45) is 0 Å². The van der Waals surface area contributed by atoms with Gasteiger partial charge < -0.3 is 10.6 Å². The van der Waals surface area contributed by atoms with Crippen molar-refractivity contribution in [2.75, 3.05) is 13.1 Å². The Morgan fingerprint density at radius 1 is 1.41 bits per heavy atom. The van der Waals surface area contributed by atoms with E-state index in [0.29, 0.717) is 6.54 Å². The van der Waals surface area contributed by atoms with Crippen molar-refractivity contribution in [2.45, 2.75) is 31.7 Å². The molecule has 4 nitrogen and oxygen atoms in total. The molecule has 2 heterocycles. The fraction of sp³-hybridized carbons (Fsp3) is 0.538. The van der Waals surface area contributed by atoms with Crippen molar-refractivity contribution >= 4 is 5.91 Å². The van der Waals surface area contributed by atoms with E-state index in [0.717, 1.165) is 25.8 Å². The summed E-state index contributed by atoms with van der Waals surface area (Å²) < 4.78 is 0. The lowest BCUT2D eigenvalue weighted by Crippen LogP contribution is -2.47. The van der Waals surface area contributed by atoms with Crippen LogP contribution in [0.5, 0.6) is 0 Å². The van der Waals surface area contributed by atoms with Gasteiger partial charge in [0.2, 0.25) is 5.91 Å². The van der Waals surface area contributed by atoms with Crippen LogP contribution in [0, 0.1) is 0 Å². The number of carbonyl (C=O) groups is 1. The van der Waals surface area contributed by atoms with Gasteiger partial charge in [0.05, 0.1) is 6.04 Å². The van der Waals surface area contributed by atoms with Crippen LogP contribution in [0.25, 0.3) is 0 Å². The highest BCUT2D eigenvalue weighted by molar-refractivity contribution is 5.81. The van der Waals surface area contributed by atoms with E-state index >= 15 is 0 Å². The predicted octanol–water partition coefficient (Wildman–Crippen LogP) is 0.882. The van der Waals surface area contributed by atoms with E-state index in [4.69, 9.17) is 0 Å². The third-order valence-corrected chi connectivity index (χ3v) is 3.09. The normalized spacial score (nSPS) is 19.9. The molecule has 0 aliphatic carbocycles. The lowest BCUT2D eigenvalue weighted by molar-refractivity contribution is -0.123. The molecule has 1 aromatic heterocycles. The SMILES string of the molecule is O=C(NCCc1ccncc1)[C@@H]1CCCCN1. The number of aromatic nitrogens is 1. The first-order chi connectivity index (χ1) is 8.36. The monoisotopic (exact) mass is 233 g/mol. The van der Waals surface area contributed by atoms with Gasteiger partial charge >= 0.3 is 0 Å². The van der Waals surface area contributed by atoms with Crippen molar-refractivity contribution in [3.8, 4) is 0 Å². The van der Waals surface area contributed by atoms with Crippen molar-refractivity contribution < 1.29 is 4.79 Å². The Kier molecular flexibility index (Phi) is 4.50. The fourth-order valence-electron chi connectivity index (χ4n) is 2.08. The molecule has 0 unspecified atom stereocenters. The first-order valence-corrected chi connectivity index (χ1v) is 6.26. The summed E-state index contributed by atoms with van der Waals surface area (Å²) in [6.45, 7) is 1.66. The van der Waals surface area contributed by atoms with Gasteiger partial charge in [0.15, 0.2) is 0 Å². The molecule has 1 saturated heterocycles. The highest BCUT2D eigenvalue weighted by Crippen LogP contribution is 2.06. The molecule has 1 amide bonds. The summed E-state index contributed by atoms with van der Waals surface area (Å²) in [5.74, 6) is 0.138. The van der Waals surface area contributed by atoms with Crippen LogP contribution in [-0.2, 0) is 11.2 Å². The van der Waals surface area contributed by atoms with Crippen molar-refractivity contribution in [3.05, 3.63) is 30.1 Å². The van der Waals surface area contributed by atoms with Gasteiger partial charge in [-0.25, -0.2) is 0 Å². The molecule has 2 N–H and O–H groups in total. The van der Waals surface area contributed by atoms with Crippen molar-refractivity contribution in [1.82, 2.24) is 15.6 Å². The van der Waals surface area contributed by atoms with Crippen LogP contribution in [0.2, 0.25) is 0 Å². The molecule has 1 atom stereocenters. The number of nitrogens with one attached hydrogen (secondary N) is 2. The third-order valence-electron chi connectivity index (χ3n) is 3.09. The van der Waals surface area contributed by atoms with Gasteiger partial charge in [-0.2, -0.15) is 0 Å². The van der Waals surface area contributed by atoms with E-state index in [1.807, 2.05) is 12.1 Å². The molecule has 1 aliphatic heterocycles. The van der Waals surface area contributed by atoms with Gasteiger partial charge in [0.1, 0.15) is 0 Å². The Labute approximate surface area is 102 Å². The number of hydrogen-bond donors (Lipinski definition) is 2. The maximum atomic E-state index is 11.8. The highest BCUT2D eigenvalue weighted by atomic mass is 16.2. The molecule has 0 radical (unpaired) electrons. The molecule has 0 spiro atoms. The summed E-state index contributed by atoms with van der Waals surface area (Å²) in [5.41, 5.74) is 1.21. The number of hydrogen-bond acceptors (Lipinski definition) is 3. The second-order valence-corrected chi connectivity index (χ2v) is 4.40. The molecule has 2 rings (SSSR count). The molecule has 0 bridgehead atoms. The third kappa shape index (κ3) is 3.82. The molecule has 92 valence electrons. The van der Waals surface area contributed by atoms with Crippen LogP contribution in [0.1, 0.15) is 24.8 Å². The minimum Gasteiger partial charge on any atom is -0.354 e. The van der Waals surface area contributed by atoms with E-state index in [1.165, 1.54) is 12.0 Å². The molecular formula is C13H19N3O. The quantitative estimate of drug-likeness (QED) is 0.812. The van der Waals surface area contributed by atoms with E-state index in [-0.39, 0.29) is 11.9 Å². The Bertz CT molecular complexity index is 347. The largest absolute Gasteiger partial charge is 0.354 e. The number of nitrogens with zero attached hydrogens (tertiary/aromatic N) is 1. The summed E-state index contributed by atoms with van der Waals surface area (Å²) >= 11 is 0. The molecule has 17 heavy (non-hydrogen) atoms. The van der Waals surface area contributed by atoms with Gasteiger partial charge in [-0.05, 0) is 43.5 Å². The molecular weight excluding hydrogens is 214 g/mol. The van der Waals surface area contributed by atoms with Crippen molar-refractivity contribution in [3.63, 3.8) is 0 Å².